The van der Waals surface area contributed by atoms with Crippen molar-refractivity contribution in [3.8, 4) is 22.3 Å². The second-order valence-electron chi connectivity index (χ2n) is 13.7. The van der Waals surface area contributed by atoms with Gasteiger partial charge in [-0.05, 0) is 88.1 Å². The molecule has 10 rings (SSSR count). The number of benzene rings is 9. The fourth-order valence-electron chi connectivity index (χ4n) is 7.95. The van der Waals surface area contributed by atoms with Gasteiger partial charge in [-0.1, -0.05) is 158 Å². The van der Waals surface area contributed by atoms with E-state index in [1.54, 1.807) is 0 Å². The molecule has 2 nitrogen and oxygen atoms in total. The summed E-state index contributed by atoms with van der Waals surface area (Å²) in [6.45, 7) is 0. The smallest absolute Gasteiger partial charge is 0.0641 e. The summed E-state index contributed by atoms with van der Waals surface area (Å²) in [5.74, 6) is 0. The van der Waals surface area contributed by atoms with Crippen molar-refractivity contribution in [3.63, 3.8) is 0 Å². The number of rotatable bonds is 8. The molecule has 0 radical (unpaired) electrons. The van der Waals surface area contributed by atoms with E-state index in [2.05, 4.69) is 228 Å². The van der Waals surface area contributed by atoms with E-state index in [4.69, 9.17) is 0 Å². The molecule has 9 aromatic carbocycles. The highest BCUT2D eigenvalue weighted by Gasteiger charge is 2.26. The van der Waals surface area contributed by atoms with Gasteiger partial charge in [0.2, 0.25) is 0 Å². The van der Waals surface area contributed by atoms with Crippen molar-refractivity contribution in [3.05, 3.63) is 218 Å². The van der Waals surface area contributed by atoms with Gasteiger partial charge >= 0.3 is 0 Å². The van der Waals surface area contributed by atoms with Gasteiger partial charge in [0.15, 0.2) is 0 Å². The third-order valence-electron chi connectivity index (χ3n) is 10.4. The lowest BCUT2D eigenvalue weighted by Crippen LogP contribution is -2.13. The number of anilines is 6. The zero-order chi connectivity index (χ0) is 36.6. The lowest BCUT2D eigenvalue weighted by molar-refractivity contribution is 1.28. The molecule has 1 heterocycles. The molecule has 0 atom stereocenters. The average Bonchev–Trinajstić information content (AvgIpc) is 3.67. The van der Waals surface area contributed by atoms with E-state index >= 15 is 0 Å². The van der Waals surface area contributed by atoms with Gasteiger partial charge in [0, 0.05) is 38.1 Å². The Balaban J connectivity index is 1.30. The van der Waals surface area contributed by atoms with Gasteiger partial charge in [-0.25, -0.2) is 0 Å². The van der Waals surface area contributed by atoms with E-state index in [9.17, 15) is 0 Å². The van der Waals surface area contributed by atoms with E-state index in [1.807, 2.05) is 11.3 Å². The molecule has 0 aliphatic carbocycles. The first-order chi connectivity index (χ1) is 27.3. The predicted octanol–water partition coefficient (Wildman–Crippen LogP) is 15.5. The van der Waals surface area contributed by atoms with Gasteiger partial charge in [-0.15, -0.1) is 11.3 Å². The summed E-state index contributed by atoms with van der Waals surface area (Å²) in [6, 6.07) is 78.8. The number of hydrogen-bond acceptors (Lipinski definition) is 3. The van der Waals surface area contributed by atoms with Gasteiger partial charge in [-0.3, -0.25) is 0 Å². The van der Waals surface area contributed by atoms with Gasteiger partial charge < -0.3 is 9.80 Å². The lowest BCUT2D eigenvalue weighted by atomic mass is 9.99. The Hall–Kier alpha value is -6.94. The fraction of sp³-hybridized carbons (Fsp3) is 0. The predicted molar refractivity (Wildman–Crippen MR) is 237 cm³/mol. The second-order valence-corrected chi connectivity index (χ2v) is 14.8. The van der Waals surface area contributed by atoms with E-state index in [0.29, 0.717) is 0 Å². The Kier molecular flexibility index (Phi) is 8.40. The van der Waals surface area contributed by atoms with Crippen molar-refractivity contribution in [2.75, 3.05) is 9.80 Å². The van der Waals surface area contributed by atoms with E-state index in [-0.39, 0.29) is 0 Å². The molecule has 0 fully saturated rings. The Labute approximate surface area is 325 Å². The quantitative estimate of drug-likeness (QED) is 0.154. The van der Waals surface area contributed by atoms with Gasteiger partial charge in [0.05, 0.1) is 21.8 Å². The summed E-state index contributed by atoms with van der Waals surface area (Å²) in [7, 11) is 0. The molecular formula is C52H36N2S. The normalized spacial score (nSPS) is 11.3. The minimum atomic E-state index is 1.11. The second kappa shape index (κ2) is 14.1. The molecule has 55 heavy (non-hydrogen) atoms. The number of thiophene rings is 1. The van der Waals surface area contributed by atoms with Crippen LogP contribution in [0.25, 0.3) is 53.2 Å². The number of para-hydroxylation sites is 3. The molecule has 3 heteroatoms. The molecule has 0 spiro atoms. The molecule has 0 unspecified atom stereocenters. The van der Waals surface area contributed by atoms with Crippen LogP contribution in [-0.4, -0.2) is 0 Å². The van der Waals surface area contributed by atoms with Crippen molar-refractivity contribution in [1.29, 1.82) is 0 Å². The van der Waals surface area contributed by atoms with Crippen LogP contribution in [0.15, 0.2) is 218 Å². The molecule has 0 amide bonds. The van der Waals surface area contributed by atoms with E-state index < -0.39 is 0 Å². The fourth-order valence-corrected chi connectivity index (χ4v) is 9.19. The highest BCUT2D eigenvalue weighted by atomic mass is 32.1. The van der Waals surface area contributed by atoms with Crippen LogP contribution in [0.1, 0.15) is 0 Å². The maximum Gasteiger partial charge on any atom is 0.0641 e. The summed E-state index contributed by atoms with van der Waals surface area (Å²) < 4.78 is 2.49. The molecule has 0 N–H and O–H groups in total. The van der Waals surface area contributed by atoms with Crippen molar-refractivity contribution >= 4 is 76.4 Å². The van der Waals surface area contributed by atoms with Gasteiger partial charge in [-0.2, -0.15) is 0 Å². The monoisotopic (exact) mass is 720 g/mol. The van der Waals surface area contributed by atoms with E-state index in [0.717, 1.165) is 34.1 Å². The van der Waals surface area contributed by atoms with Crippen LogP contribution in [0.4, 0.5) is 34.1 Å². The Morgan fingerprint density at radius 2 is 0.891 bits per heavy atom. The minimum Gasteiger partial charge on any atom is -0.309 e. The van der Waals surface area contributed by atoms with Crippen molar-refractivity contribution < 1.29 is 0 Å². The van der Waals surface area contributed by atoms with Crippen LogP contribution in [-0.2, 0) is 0 Å². The maximum atomic E-state index is 2.46. The van der Waals surface area contributed by atoms with Crippen LogP contribution < -0.4 is 9.80 Å². The van der Waals surface area contributed by atoms with Crippen LogP contribution in [0, 0.1) is 0 Å². The largest absolute Gasteiger partial charge is 0.309 e. The molecule has 260 valence electrons. The van der Waals surface area contributed by atoms with Crippen molar-refractivity contribution in [2.45, 2.75) is 0 Å². The Morgan fingerprint density at radius 1 is 0.327 bits per heavy atom. The topological polar surface area (TPSA) is 6.48 Å². The molecule has 10 aromatic rings. The number of fused-ring (bicyclic) bond motifs is 5. The van der Waals surface area contributed by atoms with Gasteiger partial charge in [0.1, 0.15) is 0 Å². The summed E-state index contributed by atoms with van der Waals surface area (Å²) in [4.78, 5) is 4.89. The Bertz CT molecular complexity index is 2920. The van der Waals surface area contributed by atoms with Crippen molar-refractivity contribution in [2.24, 2.45) is 0 Å². The van der Waals surface area contributed by atoms with Crippen molar-refractivity contribution in [1.82, 2.24) is 0 Å². The third kappa shape index (κ3) is 5.92. The molecular weight excluding hydrogens is 685 g/mol. The zero-order valence-corrected chi connectivity index (χ0v) is 30.9. The molecule has 0 bridgehead atoms. The maximum absolute atomic E-state index is 2.46. The van der Waals surface area contributed by atoms with E-state index in [1.165, 1.54) is 53.2 Å². The summed E-state index contributed by atoms with van der Waals surface area (Å²) >= 11 is 1.88. The lowest BCUT2D eigenvalue weighted by Gasteiger charge is -2.31. The molecule has 0 saturated carbocycles. The molecule has 0 aliphatic heterocycles. The molecule has 0 saturated heterocycles. The van der Waals surface area contributed by atoms with Crippen LogP contribution in [0.5, 0.6) is 0 Å². The SMILES string of the molecule is c1ccc(-c2cccc(N(c3ccccc3)c3ccc(N(c4ccccc4)c4ccccc4-c4ccccc4)c4c3sc3ccc5ccccc5c34)c2)cc1. The highest BCUT2D eigenvalue weighted by Crippen LogP contribution is 2.53. The number of nitrogens with zero attached hydrogens (tertiary/aromatic N) is 2. The van der Waals surface area contributed by atoms with Gasteiger partial charge in [0.25, 0.3) is 0 Å². The molecule has 0 aliphatic rings. The highest BCUT2D eigenvalue weighted by molar-refractivity contribution is 7.26. The Morgan fingerprint density at radius 3 is 1.64 bits per heavy atom. The number of hydrogen-bond donors (Lipinski definition) is 0. The third-order valence-corrected chi connectivity index (χ3v) is 11.6. The minimum absolute atomic E-state index is 1.11. The van der Waals surface area contributed by atoms with Crippen LogP contribution >= 0.6 is 11.3 Å². The zero-order valence-electron chi connectivity index (χ0n) is 30.1. The molecule has 1 aromatic heterocycles. The van der Waals surface area contributed by atoms with Crippen LogP contribution in [0.2, 0.25) is 0 Å². The summed E-state index contributed by atoms with van der Waals surface area (Å²) in [5, 5.41) is 5.00. The summed E-state index contributed by atoms with van der Waals surface area (Å²) in [6.07, 6.45) is 0. The average molecular weight is 721 g/mol. The first kappa shape index (κ1) is 32.7. The summed E-state index contributed by atoms with van der Waals surface area (Å²) in [5.41, 5.74) is 11.5. The first-order valence-corrected chi connectivity index (χ1v) is 19.5. The standard InChI is InChI=1S/C52H36N2S/c1-5-18-37(19-6-1)40-23-17-28-43(36-40)53(41-24-9-3-10-25-41)48-34-33-47(51-50-45-30-14-13-22-39(45)32-35-49(50)55-52(48)51)54(42-26-11-4-12-27-42)46-31-16-15-29-44(46)38-20-7-2-8-21-38/h1-36H. The first-order valence-electron chi connectivity index (χ1n) is 18.7. The van der Waals surface area contributed by atoms with Crippen LogP contribution in [0.3, 0.4) is 0 Å².